The van der Waals surface area contributed by atoms with E-state index in [-0.39, 0.29) is 18.0 Å². The van der Waals surface area contributed by atoms with Crippen LogP contribution in [0.2, 0.25) is 0 Å². The highest BCUT2D eigenvalue weighted by atomic mass is 16.5. The van der Waals surface area contributed by atoms with Crippen LogP contribution in [0.5, 0.6) is 5.75 Å². The van der Waals surface area contributed by atoms with Gasteiger partial charge in [0.05, 0.1) is 24.8 Å². The molecule has 3 aromatic rings. The van der Waals surface area contributed by atoms with E-state index in [1.165, 1.54) is 4.90 Å². The number of nitrogen functional groups attached to an aromatic ring is 1. The molecule has 6 rings (SSSR count). The maximum Gasteiger partial charge on any atom is 0.407 e. The number of fused-ring (bicyclic) bond motifs is 4. The van der Waals surface area contributed by atoms with E-state index in [2.05, 4.69) is 24.9 Å². The molecule has 0 fully saturated rings. The highest BCUT2D eigenvalue weighted by Crippen LogP contribution is 2.40. The van der Waals surface area contributed by atoms with Crippen LogP contribution in [0.15, 0.2) is 42.5 Å². The van der Waals surface area contributed by atoms with E-state index in [1.807, 2.05) is 30.3 Å². The summed E-state index contributed by atoms with van der Waals surface area (Å²) in [5.41, 5.74) is 12.5. The van der Waals surface area contributed by atoms with Crippen LogP contribution >= 0.6 is 0 Å². The summed E-state index contributed by atoms with van der Waals surface area (Å²) < 4.78 is 11.7. The predicted molar refractivity (Wildman–Crippen MR) is 152 cm³/mol. The number of benzene rings is 2. The maximum absolute atomic E-state index is 13.6. The standard InChI is InChI=1S/C31H34N4O5/c1-17(2)10-21-11-19(8-9-35(21)31(37)38)18-4-6-22-27(16-40-28(22)13-18)34(3)30(36)20-5-7-26-23(12-20)24-14-39-15-25(24)29(32)33-26/h4-8,12-13,17,21,27H,9-11,14-16H2,1-3H3,(H2,32,33)(H,37,38)/t21?,27-/m1/s1. The number of aromatic nitrogens is 1. The predicted octanol–water partition coefficient (Wildman–Crippen LogP) is 5.23. The molecule has 4 heterocycles. The number of likely N-dealkylation sites (N-methyl/N-ethyl adjacent to an activating group) is 1. The Balaban J connectivity index is 1.23. The van der Waals surface area contributed by atoms with E-state index in [0.29, 0.717) is 50.1 Å². The number of anilines is 1. The Bertz CT molecular complexity index is 1550. The summed E-state index contributed by atoms with van der Waals surface area (Å²) in [5.74, 6) is 1.54. The summed E-state index contributed by atoms with van der Waals surface area (Å²) in [6, 6.07) is 11.4. The fourth-order valence-electron chi connectivity index (χ4n) is 6.19. The lowest BCUT2D eigenvalue weighted by molar-refractivity contribution is 0.0708. The van der Waals surface area contributed by atoms with Crippen molar-refractivity contribution in [2.75, 3.05) is 25.9 Å². The molecule has 0 radical (unpaired) electrons. The van der Waals surface area contributed by atoms with Gasteiger partial charge in [0.15, 0.2) is 0 Å². The van der Waals surface area contributed by atoms with E-state index in [4.69, 9.17) is 15.2 Å². The Morgan fingerprint density at radius 2 is 1.98 bits per heavy atom. The fourth-order valence-corrected chi connectivity index (χ4v) is 6.19. The third-order valence-corrected chi connectivity index (χ3v) is 8.32. The minimum absolute atomic E-state index is 0.0513. The average molecular weight is 543 g/mol. The van der Waals surface area contributed by atoms with Crippen molar-refractivity contribution in [3.05, 3.63) is 70.3 Å². The smallest absolute Gasteiger partial charge is 0.407 e. The van der Waals surface area contributed by atoms with Gasteiger partial charge in [-0.1, -0.05) is 32.1 Å². The quantitative estimate of drug-likeness (QED) is 0.453. The summed E-state index contributed by atoms with van der Waals surface area (Å²) in [4.78, 5) is 33.1. The highest BCUT2D eigenvalue weighted by Gasteiger charge is 2.33. The molecule has 9 nitrogen and oxygen atoms in total. The third-order valence-electron chi connectivity index (χ3n) is 8.32. The first-order valence-corrected chi connectivity index (χ1v) is 13.7. The molecule has 0 aliphatic carbocycles. The van der Waals surface area contributed by atoms with E-state index >= 15 is 0 Å². The van der Waals surface area contributed by atoms with Gasteiger partial charge in [0.1, 0.15) is 18.2 Å². The zero-order valence-corrected chi connectivity index (χ0v) is 23.0. The Morgan fingerprint density at radius 3 is 2.75 bits per heavy atom. The van der Waals surface area contributed by atoms with Crippen LogP contribution in [-0.4, -0.2) is 58.1 Å². The van der Waals surface area contributed by atoms with Crippen molar-refractivity contribution in [2.24, 2.45) is 5.92 Å². The fraction of sp³-hybridized carbons (Fsp3) is 0.387. The molecule has 3 N–H and O–H groups in total. The lowest BCUT2D eigenvalue weighted by Gasteiger charge is -2.34. The molecular weight excluding hydrogens is 508 g/mol. The van der Waals surface area contributed by atoms with Crippen molar-refractivity contribution < 1.29 is 24.2 Å². The largest absolute Gasteiger partial charge is 0.491 e. The van der Waals surface area contributed by atoms with Gasteiger partial charge in [0, 0.05) is 41.7 Å². The summed E-state index contributed by atoms with van der Waals surface area (Å²) >= 11 is 0. The summed E-state index contributed by atoms with van der Waals surface area (Å²) in [6.45, 7) is 5.88. The Labute approximate surface area is 233 Å². The normalized spacial score (nSPS) is 19.8. The molecule has 0 bridgehead atoms. The summed E-state index contributed by atoms with van der Waals surface area (Å²) in [5, 5.41) is 10.5. The van der Waals surface area contributed by atoms with E-state index < -0.39 is 6.09 Å². The molecule has 1 aromatic heterocycles. The van der Waals surface area contributed by atoms with E-state index in [1.54, 1.807) is 18.0 Å². The molecule has 208 valence electrons. The number of nitrogens with zero attached hydrogens (tertiary/aromatic N) is 3. The molecule has 9 heteroatoms. The van der Waals surface area contributed by atoms with Crippen LogP contribution in [0, 0.1) is 5.92 Å². The van der Waals surface area contributed by atoms with Crippen molar-refractivity contribution in [3.63, 3.8) is 0 Å². The summed E-state index contributed by atoms with van der Waals surface area (Å²) in [7, 11) is 1.80. The number of carbonyl (C=O) groups is 2. The number of hydrogen-bond donors (Lipinski definition) is 2. The van der Waals surface area contributed by atoms with Crippen molar-refractivity contribution >= 4 is 34.3 Å². The number of hydrogen-bond acceptors (Lipinski definition) is 6. The number of amides is 2. The molecule has 0 saturated carbocycles. The number of rotatable bonds is 5. The first-order chi connectivity index (χ1) is 19.2. The number of ether oxygens (including phenoxy) is 2. The monoisotopic (exact) mass is 542 g/mol. The second-order valence-corrected chi connectivity index (χ2v) is 11.3. The minimum Gasteiger partial charge on any atom is -0.491 e. The van der Waals surface area contributed by atoms with Crippen LogP contribution in [0.3, 0.4) is 0 Å². The molecule has 2 amide bonds. The molecule has 3 aliphatic heterocycles. The van der Waals surface area contributed by atoms with Gasteiger partial charge in [-0.15, -0.1) is 0 Å². The van der Waals surface area contributed by atoms with Crippen LogP contribution in [0.4, 0.5) is 10.6 Å². The van der Waals surface area contributed by atoms with Crippen LogP contribution < -0.4 is 10.5 Å². The Morgan fingerprint density at radius 1 is 1.18 bits per heavy atom. The zero-order valence-electron chi connectivity index (χ0n) is 23.0. The maximum atomic E-state index is 13.6. The van der Waals surface area contributed by atoms with Crippen molar-refractivity contribution in [1.29, 1.82) is 0 Å². The van der Waals surface area contributed by atoms with E-state index in [9.17, 15) is 14.7 Å². The van der Waals surface area contributed by atoms with Gasteiger partial charge in [-0.2, -0.15) is 0 Å². The van der Waals surface area contributed by atoms with Crippen molar-refractivity contribution in [1.82, 2.24) is 14.8 Å². The summed E-state index contributed by atoms with van der Waals surface area (Å²) in [6.07, 6.45) is 2.60. The second kappa shape index (κ2) is 10.1. The van der Waals surface area contributed by atoms with Crippen molar-refractivity contribution in [3.8, 4) is 5.75 Å². The van der Waals surface area contributed by atoms with Gasteiger partial charge in [-0.25, -0.2) is 9.78 Å². The Kier molecular flexibility index (Phi) is 6.62. The van der Waals surface area contributed by atoms with Gasteiger partial charge < -0.3 is 30.1 Å². The van der Waals surface area contributed by atoms with Gasteiger partial charge in [0.25, 0.3) is 5.91 Å². The average Bonchev–Trinajstić information content (AvgIpc) is 3.59. The molecule has 0 saturated heterocycles. The highest BCUT2D eigenvalue weighted by molar-refractivity contribution is 5.99. The SMILES string of the molecule is CC(C)CC1CC(c2ccc3c(c2)OC[C@H]3N(C)C(=O)c2ccc3nc(N)c4c(c3c2)COC4)=CCN1C(=O)O. The molecule has 40 heavy (non-hydrogen) atoms. The van der Waals surface area contributed by atoms with Crippen LogP contribution in [0.25, 0.3) is 16.5 Å². The molecule has 0 spiro atoms. The molecule has 1 unspecified atom stereocenters. The van der Waals surface area contributed by atoms with Crippen LogP contribution in [-0.2, 0) is 18.0 Å². The van der Waals surface area contributed by atoms with Gasteiger partial charge >= 0.3 is 6.09 Å². The zero-order chi connectivity index (χ0) is 28.1. The number of nitrogens with two attached hydrogens (primary N) is 1. The van der Waals surface area contributed by atoms with Crippen molar-refractivity contribution in [2.45, 2.75) is 52.0 Å². The molecular formula is C31H34N4O5. The minimum atomic E-state index is -0.877. The van der Waals surface area contributed by atoms with Gasteiger partial charge in [0.2, 0.25) is 0 Å². The molecule has 2 aromatic carbocycles. The number of pyridine rings is 1. The van der Waals surface area contributed by atoms with E-state index in [0.717, 1.165) is 50.9 Å². The topological polar surface area (TPSA) is 118 Å². The van der Waals surface area contributed by atoms with Gasteiger partial charge in [-0.05, 0) is 59.7 Å². The first-order valence-electron chi connectivity index (χ1n) is 13.7. The molecule has 3 aliphatic rings. The lowest BCUT2D eigenvalue weighted by Crippen LogP contribution is -2.42. The lowest BCUT2D eigenvalue weighted by atomic mass is 9.89. The number of carboxylic acid groups (broad SMARTS) is 1. The first kappa shape index (κ1) is 26.1. The third kappa shape index (κ3) is 4.54. The second-order valence-electron chi connectivity index (χ2n) is 11.3. The number of carbonyl (C=O) groups excluding carboxylic acids is 1. The van der Waals surface area contributed by atoms with Gasteiger partial charge in [-0.3, -0.25) is 4.79 Å². The van der Waals surface area contributed by atoms with Crippen LogP contribution in [0.1, 0.15) is 65.3 Å². The Hall–Kier alpha value is -4.11. The molecule has 2 atom stereocenters.